The van der Waals surface area contributed by atoms with E-state index in [1.165, 1.54) is 5.56 Å². The van der Waals surface area contributed by atoms with Crippen molar-refractivity contribution in [3.63, 3.8) is 0 Å². The van der Waals surface area contributed by atoms with Crippen LogP contribution in [0.5, 0.6) is 0 Å². The van der Waals surface area contributed by atoms with Gasteiger partial charge in [0.15, 0.2) is 0 Å². The summed E-state index contributed by atoms with van der Waals surface area (Å²) >= 11 is 0. The number of carbonyl (C=O) groups excluding carboxylic acids is 1. The van der Waals surface area contributed by atoms with E-state index < -0.39 is 0 Å². The van der Waals surface area contributed by atoms with Gasteiger partial charge in [-0.15, -0.1) is 0 Å². The molecule has 28 heavy (non-hydrogen) atoms. The fourth-order valence-electron chi connectivity index (χ4n) is 3.26. The van der Waals surface area contributed by atoms with Crippen molar-refractivity contribution < 1.29 is 4.79 Å². The summed E-state index contributed by atoms with van der Waals surface area (Å²) in [5.41, 5.74) is 6.23. The molecule has 0 saturated carbocycles. The van der Waals surface area contributed by atoms with Crippen LogP contribution in [-0.2, 0) is 11.3 Å². The van der Waals surface area contributed by atoms with E-state index in [4.69, 9.17) is 4.98 Å². The largest absolute Gasteiger partial charge is 0.376 e. The van der Waals surface area contributed by atoms with Gasteiger partial charge in [0.25, 0.3) is 0 Å². The monoisotopic (exact) mass is 378 g/mol. The van der Waals surface area contributed by atoms with Crippen LogP contribution in [0.3, 0.4) is 0 Å². The number of carbonyl (C=O) groups is 1. The number of aromatic nitrogens is 2. The molecule has 0 aliphatic heterocycles. The van der Waals surface area contributed by atoms with Gasteiger partial charge in [0, 0.05) is 39.3 Å². The molecule has 5 heteroatoms. The summed E-state index contributed by atoms with van der Waals surface area (Å²) in [5.74, 6) is 0.498. The number of aryl methyl sites for hydroxylation is 1. The second-order valence-electron chi connectivity index (χ2n) is 8.13. The molecule has 0 aliphatic rings. The lowest BCUT2D eigenvalue weighted by Crippen LogP contribution is -2.28. The van der Waals surface area contributed by atoms with Gasteiger partial charge in [0.2, 0.25) is 5.91 Å². The average molecular weight is 379 g/mol. The maximum absolute atomic E-state index is 12.6. The zero-order chi connectivity index (χ0) is 20.4. The Morgan fingerprint density at radius 1 is 1.07 bits per heavy atom. The minimum atomic E-state index is 0.156. The first kappa shape index (κ1) is 19.9. The van der Waals surface area contributed by atoms with Crippen LogP contribution >= 0.6 is 0 Å². The molecular weight excluding hydrogens is 348 g/mol. The van der Waals surface area contributed by atoms with Crippen LogP contribution in [0.1, 0.15) is 31.5 Å². The number of nitrogens with zero attached hydrogens (tertiary/aromatic N) is 4. The van der Waals surface area contributed by atoms with Crippen molar-refractivity contribution in [1.82, 2.24) is 14.3 Å². The molecule has 2 aromatic heterocycles. The number of benzene rings is 1. The molecule has 0 fully saturated rings. The van der Waals surface area contributed by atoms with Gasteiger partial charge in [0.1, 0.15) is 5.65 Å². The van der Waals surface area contributed by atoms with Gasteiger partial charge in [-0.3, -0.25) is 9.20 Å². The number of amides is 1. The van der Waals surface area contributed by atoms with Crippen LogP contribution in [0.25, 0.3) is 16.9 Å². The summed E-state index contributed by atoms with van der Waals surface area (Å²) in [6.45, 7) is 6.74. The first-order valence-electron chi connectivity index (χ1n) is 9.75. The Morgan fingerprint density at radius 2 is 1.75 bits per heavy atom. The second-order valence-corrected chi connectivity index (χ2v) is 8.13. The number of fused-ring (bicyclic) bond motifs is 1. The standard InChI is InChI=1S/C23H30N4O/c1-16(2)13-22(28)26(6)15-20-23(18-9-7-17(3)8-10-18)24-21-12-11-19(25(4)5)14-27(20)21/h7-12,14,16H,13,15H2,1-6H3. The van der Waals surface area contributed by atoms with Crippen LogP contribution in [-0.4, -0.2) is 41.3 Å². The Bertz CT molecular complexity index is 970. The Hall–Kier alpha value is -2.82. The Morgan fingerprint density at radius 3 is 2.36 bits per heavy atom. The lowest BCUT2D eigenvalue weighted by atomic mass is 10.1. The van der Waals surface area contributed by atoms with Crippen LogP contribution in [0.15, 0.2) is 42.6 Å². The topological polar surface area (TPSA) is 40.9 Å². The lowest BCUT2D eigenvalue weighted by Gasteiger charge is -2.20. The number of rotatable bonds is 6. The highest BCUT2D eigenvalue weighted by atomic mass is 16.2. The van der Waals surface area contributed by atoms with Gasteiger partial charge >= 0.3 is 0 Å². The third kappa shape index (κ3) is 4.19. The van der Waals surface area contributed by atoms with Gasteiger partial charge in [0.05, 0.1) is 23.6 Å². The first-order chi connectivity index (χ1) is 13.3. The molecule has 1 aromatic carbocycles. The van der Waals surface area contributed by atoms with E-state index in [1.807, 2.05) is 32.1 Å². The normalized spacial score (nSPS) is 11.2. The summed E-state index contributed by atoms with van der Waals surface area (Å²) in [6, 6.07) is 12.5. The molecule has 148 valence electrons. The highest BCUT2D eigenvalue weighted by molar-refractivity contribution is 5.76. The molecule has 0 atom stereocenters. The third-order valence-electron chi connectivity index (χ3n) is 4.94. The van der Waals surface area contributed by atoms with E-state index in [1.54, 1.807) is 0 Å². The van der Waals surface area contributed by atoms with Gasteiger partial charge in [-0.05, 0) is 25.0 Å². The second kappa shape index (κ2) is 8.05. The average Bonchev–Trinajstić information content (AvgIpc) is 2.99. The van der Waals surface area contributed by atoms with Gasteiger partial charge in [-0.2, -0.15) is 0 Å². The summed E-state index contributed by atoms with van der Waals surface area (Å²) < 4.78 is 2.11. The van der Waals surface area contributed by atoms with E-state index in [9.17, 15) is 4.79 Å². The fraction of sp³-hybridized carbons (Fsp3) is 0.391. The fourth-order valence-corrected chi connectivity index (χ4v) is 3.26. The number of hydrogen-bond donors (Lipinski definition) is 0. The van der Waals surface area contributed by atoms with Gasteiger partial charge < -0.3 is 9.80 Å². The Balaban J connectivity index is 2.09. The van der Waals surface area contributed by atoms with Crippen LogP contribution in [0.4, 0.5) is 5.69 Å². The highest BCUT2D eigenvalue weighted by Crippen LogP contribution is 2.27. The van der Waals surface area contributed by atoms with Gasteiger partial charge in [-0.1, -0.05) is 43.7 Å². The van der Waals surface area contributed by atoms with Crippen molar-refractivity contribution in [2.75, 3.05) is 26.0 Å². The summed E-state index contributed by atoms with van der Waals surface area (Å²) in [5, 5.41) is 0. The number of hydrogen-bond acceptors (Lipinski definition) is 3. The maximum atomic E-state index is 12.6. The zero-order valence-electron chi connectivity index (χ0n) is 17.7. The third-order valence-corrected chi connectivity index (χ3v) is 4.94. The van der Waals surface area contributed by atoms with Crippen molar-refractivity contribution in [1.29, 1.82) is 0 Å². The van der Waals surface area contributed by atoms with Crippen molar-refractivity contribution in [3.05, 3.63) is 53.9 Å². The molecule has 0 unspecified atom stereocenters. The molecule has 1 amide bonds. The highest BCUT2D eigenvalue weighted by Gasteiger charge is 2.19. The number of imidazole rings is 1. The van der Waals surface area contributed by atoms with E-state index >= 15 is 0 Å². The first-order valence-corrected chi connectivity index (χ1v) is 9.75. The van der Waals surface area contributed by atoms with Crippen LogP contribution in [0, 0.1) is 12.8 Å². The maximum Gasteiger partial charge on any atom is 0.222 e. The molecule has 3 aromatic rings. The predicted molar refractivity (Wildman–Crippen MR) is 116 cm³/mol. The zero-order valence-corrected chi connectivity index (χ0v) is 17.7. The Labute approximate surface area is 167 Å². The molecule has 0 radical (unpaired) electrons. The predicted octanol–water partition coefficient (Wildman–Crippen LogP) is 4.38. The molecule has 0 spiro atoms. The van der Waals surface area contributed by atoms with Crippen molar-refractivity contribution in [3.8, 4) is 11.3 Å². The van der Waals surface area contributed by atoms with Crippen molar-refractivity contribution in [2.24, 2.45) is 5.92 Å². The minimum Gasteiger partial charge on any atom is -0.376 e. The molecule has 0 bridgehead atoms. The number of anilines is 1. The quantitative estimate of drug-likeness (QED) is 0.639. The molecule has 5 nitrogen and oxygen atoms in total. The minimum absolute atomic E-state index is 0.156. The van der Waals surface area contributed by atoms with E-state index in [-0.39, 0.29) is 5.91 Å². The van der Waals surface area contributed by atoms with E-state index in [0.29, 0.717) is 18.9 Å². The molecular formula is C23H30N4O. The van der Waals surface area contributed by atoms with Crippen molar-refractivity contribution >= 4 is 17.2 Å². The van der Waals surface area contributed by atoms with Gasteiger partial charge in [-0.25, -0.2) is 4.98 Å². The van der Waals surface area contributed by atoms with E-state index in [2.05, 4.69) is 66.6 Å². The molecule has 2 heterocycles. The smallest absolute Gasteiger partial charge is 0.222 e. The molecule has 0 saturated heterocycles. The number of pyridine rings is 1. The van der Waals surface area contributed by atoms with Crippen LogP contribution in [0.2, 0.25) is 0 Å². The molecule has 0 N–H and O–H groups in total. The van der Waals surface area contributed by atoms with Crippen molar-refractivity contribution in [2.45, 2.75) is 33.7 Å². The summed E-state index contributed by atoms with van der Waals surface area (Å²) in [6.07, 6.45) is 2.65. The lowest BCUT2D eigenvalue weighted by molar-refractivity contribution is -0.131. The summed E-state index contributed by atoms with van der Waals surface area (Å²) in [7, 11) is 5.92. The molecule has 0 aliphatic carbocycles. The summed E-state index contributed by atoms with van der Waals surface area (Å²) in [4.78, 5) is 21.3. The Kier molecular flexibility index (Phi) is 5.73. The SMILES string of the molecule is Cc1ccc(-c2nc3ccc(N(C)C)cn3c2CN(C)C(=O)CC(C)C)cc1. The van der Waals surface area contributed by atoms with E-state index in [0.717, 1.165) is 28.3 Å². The molecule has 3 rings (SSSR count). The van der Waals surface area contributed by atoms with Crippen LogP contribution < -0.4 is 4.90 Å².